The quantitative estimate of drug-likeness (QED) is 0.503. The first-order valence-electron chi connectivity index (χ1n) is 6.77. The zero-order valence-electron chi connectivity index (χ0n) is 11.4. The minimum Gasteiger partial charge on any atom is -0.478 e. The Morgan fingerprint density at radius 1 is 1.32 bits per heavy atom. The van der Waals surface area contributed by atoms with Crippen molar-refractivity contribution in [2.24, 2.45) is 0 Å². The van der Waals surface area contributed by atoms with E-state index in [1.807, 2.05) is 0 Å². The maximum absolute atomic E-state index is 11.3. The zero-order valence-corrected chi connectivity index (χ0v) is 13.8. The molecule has 6 heteroatoms. The van der Waals surface area contributed by atoms with Gasteiger partial charge in [0.05, 0.1) is 18.1 Å². The molecular formula is C13H22O3S3. The summed E-state index contributed by atoms with van der Waals surface area (Å²) in [5.41, 5.74) is 0. The lowest BCUT2D eigenvalue weighted by Gasteiger charge is -2.07. The molecule has 0 atom stereocenters. The van der Waals surface area contributed by atoms with Gasteiger partial charge >= 0.3 is 0 Å². The first-order valence-corrected chi connectivity index (χ1v) is 9.82. The zero-order chi connectivity index (χ0) is 14.1. The molecule has 19 heavy (non-hydrogen) atoms. The number of thiocarbonyl (C=S) groups is 1. The van der Waals surface area contributed by atoms with Crippen LogP contribution in [-0.4, -0.2) is 30.9 Å². The Morgan fingerprint density at radius 2 is 2.00 bits per heavy atom. The Balaban J connectivity index is 2.03. The maximum Gasteiger partial charge on any atom is 0.224 e. The van der Waals surface area contributed by atoms with Crippen LogP contribution >= 0.6 is 24.0 Å². The van der Waals surface area contributed by atoms with Gasteiger partial charge in [0.15, 0.2) is 9.84 Å². The van der Waals surface area contributed by atoms with E-state index in [9.17, 15) is 8.42 Å². The molecule has 0 N–H and O–H groups in total. The van der Waals surface area contributed by atoms with E-state index in [1.165, 1.54) is 43.9 Å². The second kappa shape index (κ2) is 8.97. The summed E-state index contributed by atoms with van der Waals surface area (Å²) in [4.78, 5) is 0.799. The molecule has 0 aromatic heterocycles. The summed E-state index contributed by atoms with van der Waals surface area (Å²) in [5, 5.41) is 0. The van der Waals surface area contributed by atoms with E-state index in [0.717, 1.165) is 11.3 Å². The number of hydrogen-bond acceptors (Lipinski definition) is 5. The Labute approximate surface area is 126 Å². The molecule has 0 unspecified atom stereocenters. The monoisotopic (exact) mass is 322 g/mol. The van der Waals surface area contributed by atoms with Crippen molar-refractivity contribution in [3.63, 3.8) is 0 Å². The van der Waals surface area contributed by atoms with Gasteiger partial charge in [0.25, 0.3) is 0 Å². The van der Waals surface area contributed by atoms with Crippen LogP contribution in [0, 0.1) is 0 Å². The van der Waals surface area contributed by atoms with Crippen molar-refractivity contribution >= 4 is 38.2 Å². The lowest BCUT2D eigenvalue weighted by molar-refractivity contribution is 0.308. The number of ether oxygens (including phenoxy) is 1. The Kier molecular flexibility index (Phi) is 8.02. The summed E-state index contributed by atoms with van der Waals surface area (Å²) < 4.78 is 28.4. The fourth-order valence-corrected chi connectivity index (χ4v) is 4.73. The van der Waals surface area contributed by atoms with E-state index in [0.29, 0.717) is 11.0 Å². The smallest absolute Gasteiger partial charge is 0.224 e. The van der Waals surface area contributed by atoms with Crippen LogP contribution in [-0.2, 0) is 14.6 Å². The molecule has 1 heterocycles. The van der Waals surface area contributed by atoms with Gasteiger partial charge in [-0.1, -0.05) is 45.1 Å². The highest BCUT2D eigenvalue weighted by Gasteiger charge is 2.21. The van der Waals surface area contributed by atoms with Crippen LogP contribution in [0.4, 0.5) is 0 Å². The van der Waals surface area contributed by atoms with E-state index in [4.69, 9.17) is 17.0 Å². The topological polar surface area (TPSA) is 43.4 Å². The van der Waals surface area contributed by atoms with Crippen LogP contribution in [0.15, 0.2) is 11.0 Å². The van der Waals surface area contributed by atoms with Gasteiger partial charge in [-0.25, -0.2) is 8.42 Å². The molecule has 110 valence electrons. The summed E-state index contributed by atoms with van der Waals surface area (Å²) in [5.74, 6) is 0.244. The molecule has 1 aliphatic rings. The Bertz CT molecular complexity index is 413. The fourth-order valence-electron chi connectivity index (χ4n) is 1.80. The number of hydrogen-bond donors (Lipinski definition) is 0. The van der Waals surface area contributed by atoms with Crippen LogP contribution < -0.4 is 0 Å². The highest BCUT2D eigenvalue weighted by Crippen LogP contribution is 2.25. The highest BCUT2D eigenvalue weighted by atomic mass is 32.2. The van der Waals surface area contributed by atoms with Gasteiger partial charge in [0.1, 0.15) is 0 Å². The molecule has 3 nitrogen and oxygen atoms in total. The third-order valence-corrected chi connectivity index (χ3v) is 5.69. The SMILES string of the molecule is CCCCCCCCOC(=S)SC1=CCS(=O)(=O)C1. The van der Waals surface area contributed by atoms with Crippen LogP contribution in [0.1, 0.15) is 45.4 Å². The van der Waals surface area contributed by atoms with E-state index in [-0.39, 0.29) is 11.5 Å². The van der Waals surface area contributed by atoms with Crippen molar-refractivity contribution in [2.45, 2.75) is 45.4 Å². The predicted molar refractivity (Wildman–Crippen MR) is 86.3 cm³/mol. The van der Waals surface area contributed by atoms with E-state index in [2.05, 4.69) is 6.92 Å². The summed E-state index contributed by atoms with van der Waals surface area (Å²) in [6.07, 6.45) is 9.01. The molecule has 1 aliphatic heterocycles. The van der Waals surface area contributed by atoms with Crippen molar-refractivity contribution in [1.82, 2.24) is 0 Å². The average Bonchev–Trinajstić information content (AvgIpc) is 2.67. The molecule has 0 amide bonds. The van der Waals surface area contributed by atoms with Crippen molar-refractivity contribution in [1.29, 1.82) is 0 Å². The molecule has 0 aliphatic carbocycles. The number of unbranched alkanes of at least 4 members (excludes halogenated alkanes) is 5. The fraction of sp³-hybridized carbons (Fsp3) is 0.769. The minimum absolute atomic E-state index is 0.109. The van der Waals surface area contributed by atoms with Crippen molar-refractivity contribution in [3.05, 3.63) is 11.0 Å². The van der Waals surface area contributed by atoms with Gasteiger partial charge in [-0.2, -0.15) is 0 Å². The van der Waals surface area contributed by atoms with E-state index >= 15 is 0 Å². The molecule has 0 radical (unpaired) electrons. The normalized spacial score (nSPS) is 17.2. The molecule has 0 saturated heterocycles. The van der Waals surface area contributed by atoms with Gasteiger partial charge in [0, 0.05) is 4.91 Å². The van der Waals surface area contributed by atoms with Crippen LogP contribution in [0.2, 0.25) is 0 Å². The largest absolute Gasteiger partial charge is 0.478 e. The molecular weight excluding hydrogens is 300 g/mol. The Morgan fingerprint density at radius 3 is 2.63 bits per heavy atom. The van der Waals surface area contributed by atoms with Gasteiger partial charge in [0.2, 0.25) is 4.38 Å². The first kappa shape index (κ1) is 17.0. The van der Waals surface area contributed by atoms with E-state index in [1.54, 1.807) is 6.08 Å². The second-order valence-corrected chi connectivity index (χ2v) is 8.53. The van der Waals surface area contributed by atoms with Gasteiger partial charge in [-0.15, -0.1) is 0 Å². The van der Waals surface area contributed by atoms with Crippen LogP contribution in [0.3, 0.4) is 0 Å². The summed E-state index contributed by atoms with van der Waals surface area (Å²) in [6, 6.07) is 0. The molecule has 0 aromatic rings. The average molecular weight is 323 g/mol. The Hall–Kier alpha value is -0.0700. The van der Waals surface area contributed by atoms with Crippen LogP contribution in [0.25, 0.3) is 0 Å². The molecule has 0 bridgehead atoms. The molecule has 0 spiro atoms. The summed E-state index contributed by atoms with van der Waals surface area (Å²) in [6.45, 7) is 2.84. The van der Waals surface area contributed by atoms with Crippen LogP contribution in [0.5, 0.6) is 0 Å². The molecule has 1 rings (SSSR count). The second-order valence-electron chi connectivity index (χ2n) is 4.69. The maximum atomic E-state index is 11.3. The molecule has 0 fully saturated rings. The third kappa shape index (κ3) is 7.95. The highest BCUT2D eigenvalue weighted by molar-refractivity contribution is 8.25. The van der Waals surface area contributed by atoms with E-state index < -0.39 is 9.84 Å². The molecule has 0 saturated carbocycles. The van der Waals surface area contributed by atoms with Gasteiger partial charge < -0.3 is 4.74 Å². The predicted octanol–water partition coefficient (Wildman–Crippen LogP) is 3.69. The van der Waals surface area contributed by atoms with Crippen molar-refractivity contribution < 1.29 is 13.2 Å². The number of rotatable bonds is 8. The van der Waals surface area contributed by atoms with Gasteiger partial charge in [-0.3, -0.25) is 0 Å². The standard InChI is InChI=1S/C13H22O3S3/c1-2-3-4-5-6-7-9-16-13(17)18-12-8-10-19(14,15)11-12/h8H,2-7,9-11H2,1H3. The molecule has 0 aromatic carbocycles. The summed E-state index contributed by atoms with van der Waals surface area (Å²) >= 11 is 6.36. The third-order valence-electron chi connectivity index (χ3n) is 2.86. The summed E-state index contributed by atoms with van der Waals surface area (Å²) in [7, 11) is -2.91. The first-order chi connectivity index (χ1) is 9.03. The number of sulfone groups is 1. The lowest BCUT2D eigenvalue weighted by atomic mass is 10.1. The van der Waals surface area contributed by atoms with Gasteiger partial charge in [-0.05, 0) is 30.4 Å². The minimum atomic E-state index is -2.91. The van der Waals surface area contributed by atoms with Crippen molar-refractivity contribution in [2.75, 3.05) is 18.1 Å². The lowest BCUT2D eigenvalue weighted by Crippen LogP contribution is -2.04. The number of thioether (sulfide) groups is 1. The van der Waals surface area contributed by atoms with Crippen molar-refractivity contribution in [3.8, 4) is 0 Å².